The Morgan fingerprint density at radius 1 is 1.17 bits per heavy atom. The van der Waals surface area contributed by atoms with E-state index < -0.39 is 11.4 Å². The van der Waals surface area contributed by atoms with E-state index in [1.165, 1.54) is 0 Å². The summed E-state index contributed by atoms with van der Waals surface area (Å²) in [6.45, 7) is 0. The number of aromatic nitrogens is 4. The Kier molecular flexibility index (Phi) is 7.20. The lowest BCUT2D eigenvalue weighted by Gasteiger charge is -2.26. The predicted molar refractivity (Wildman–Crippen MR) is 144 cm³/mol. The molecule has 0 radical (unpaired) electrons. The van der Waals surface area contributed by atoms with Crippen LogP contribution in [0.1, 0.15) is 25.7 Å². The highest BCUT2D eigenvalue weighted by molar-refractivity contribution is 7.92. The van der Waals surface area contributed by atoms with Crippen molar-refractivity contribution in [2.45, 2.75) is 42.7 Å². The second-order valence-corrected chi connectivity index (χ2v) is 10.5. The maximum absolute atomic E-state index is 12.8. The minimum absolute atomic E-state index is 0.290. The maximum atomic E-state index is 12.8. The molecule has 188 valence electrons. The molecule has 1 saturated carbocycles. The van der Waals surface area contributed by atoms with Gasteiger partial charge in [0.05, 0.1) is 17.8 Å². The monoisotopic (exact) mass is 525 g/mol. The fourth-order valence-corrected chi connectivity index (χ4v) is 5.66. The number of methoxy groups -OCH3 is 1. The van der Waals surface area contributed by atoms with E-state index in [0.29, 0.717) is 33.5 Å². The summed E-state index contributed by atoms with van der Waals surface area (Å²) in [6, 6.07) is 13.4. The van der Waals surface area contributed by atoms with Gasteiger partial charge in [-0.2, -0.15) is 9.82 Å². The van der Waals surface area contributed by atoms with Crippen LogP contribution in [0, 0.1) is 0 Å². The minimum Gasteiger partial charge on any atom is -0.588 e. The molecular weight excluding hydrogens is 498 g/mol. The van der Waals surface area contributed by atoms with Crippen molar-refractivity contribution in [3.63, 3.8) is 0 Å². The molecule has 0 bridgehead atoms. The van der Waals surface area contributed by atoms with Gasteiger partial charge in [-0.3, -0.25) is 4.68 Å². The van der Waals surface area contributed by atoms with Gasteiger partial charge in [0, 0.05) is 42.3 Å². The van der Waals surface area contributed by atoms with Crippen LogP contribution in [0.3, 0.4) is 0 Å². The van der Waals surface area contributed by atoms with Gasteiger partial charge in [0.25, 0.3) is 0 Å². The molecule has 11 heteroatoms. The van der Waals surface area contributed by atoms with Crippen LogP contribution in [-0.4, -0.2) is 43.5 Å². The van der Waals surface area contributed by atoms with Crippen molar-refractivity contribution in [2.24, 2.45) is 12.8 Å². The molecule has 4 N–H and O–H groups in total. The highest BCUT2D eigenvalue weighted by atomic mass is 35.5. The number of anilines is 2. The van der Waals surface area contributed by atoms with Crippen molar-refractivity contribution in [3.05, 3.63) is 53.7 Å². The first-order chi connectivity index (χ1) is 17.4. The van der Waals surface area contributed by atoms with Crippen molar-refractivity contribution in [1.29, 1.82) is 0 Å². The molecule has 36 heavy (non-hydrogen) atoms. The van der Waals surface area contributed by atoms with Crippen molar-refractivity contribution in [3.8, 4) is 17.0 Å². The van der Waals surface area contributed by atoms with Gasteiger partial charge in [-0.1, -0.05) is 23.7 Å². The van der Waals surface area contributed by atoms with E-state index >= 15 is 0 Å². The molecule has 0 saturated heterocycles. The van der Waals surface area contributed by atoms with Gasteiger partial charge in [-0.15, -0.1) is 0 Å². The zero-order valence-corrected chi connectivity index (χ0v) is 21.6. The topological polar surface area (TPSA) is 126 Å². The van der Waals surface area contributed by atoms with Crippen LogP contribution in [0.25, 0.3) is 22.2 Å². The maximum Gasteiger partial charge on any atom is 0.223 e. The van der Waals surface area contributed by atoms with Crippen molar-refractivity contribution in [1.82, 2.24) is 19.7 Å². The molecule has 1 aliphatic rings. The Hall–Kier alpha value is -3.05. The number of ether oxygens (including phenoxy) is 1. The van der Waals surface area contributed by atoms with Gasteiger partial charge in [-0.25, -0.2) is 9.97 Å². The Morgan fingerprint density at radius 3 is 2.69 bits per heavy atom. The van der Waals surface area contributed by atoms with E-state index in [4.69, 9.17) is 27.1 Å². The van der Waals surface area contributed by atoms with Gasteiger partial charge in [0.2, 0.25) is 5.95 Å². The molecule has 0 spiro atoms. The third kappa shape index (κ3) is 5.22. The first kappa shape index (κ1) is 24.6. The fraction of sp³-hybridized carbons (Fsp3) is 0.320. The van der Waals surface area contributed by atoms with Crippen LogP contribution >= 0.6 is 11.6 Å². The lowest BCUT2D eigenvalue weighted by molar-refractivity contribution is 0.409. The van der Waals surface area contributed by atoms with E-state index in [-0.39, 0.29) is 6.04 Å². The average molecular weight is 526 g/mol. The van der Waals surface area contributed by atoms with Crippen molar-refractivity contribution >= 4 is 45.6 Å². The zero-order valence-electron chi connectivity index (χ0n) is 20.1. The number of rotatable bonds is 7. The van der Waals surface area contributed by atoms with Crippen LogP contribution in [0.5, 0.6) is 5.75 Å². The zero-order chi connectivity index (χ0) is 25.2. The number of nitrogens with zero attached hydrogens (tertiary/aromatic N) is 4. The molecule has 4 aromatic rings. The highest BCUT2D eigenvalue weighted by Crippen LogP contribution is 2.33. The van der Waals surface area contributed by atoms with E-state index in [2.05, 4.69) is 20.1 Å². The normalized spacial score (nSPS) is 18.7. The van der Waals surface area contributed by atoms with Crippen LogP contribution in [0.15, 0.2) is 53.6 Å². The third-order valence-electron chi connectivity index (χ3n) is 6.38. The molecule has 0 amide bonds. The van der Waals surface area contributed by atoms with Gasteiger partial charge in [0.1, 0.15) is 22.6 Å². The second-order valence-electron chi connectivity index (χ2n) is 8.91. The largest absolute Gasteiger partial charge is 0.588 e. The summed E-state index contributed by atoms with van der Waals surface area (Å²) in [7, 11) is 3.45. The molecular formula is C25H28ClN7O2S. The molecule has 5 rings (SSSR count). The van der Waals surface area contributed by atoms with Crippen LogP contribution in [-0.2, 0) is 18.4 Å². The number of nitrogens with two attached hydrogens (primary N) is 1. The molecule has 2 aromatic carbocycles. The summed E-state index contributed by atoms with van der Waals surface area (Å²) < 4.78 is 23.1. The van der Waals surface area contributed by atoms with Gasteiger partial charge < -0.3 is 20.3 Å². The standard InChI is InChI=1S/C25H28ClN7O2S/c1-33-20(13-23(31-33)32-36(34)22-6-4-3-5-19(22)26)15-11-16-14-28-25(30-24(16)21(12-15)35-2)29-18-9-7-17(27)8-10-18/h3-6,11-14,17-18H,7-10,27H2,1-2H3,(H,31,32)(H,28,29,30)/t17-,18-,36?. The molecule has 2 aromatic heterocycles. The molecule has 0 aliphatic heterocycles. The average Bonchev–Trinajstić information content (AvgIpc) is 3.24. The SMILES string of the molecule is COc1cc(-c2cc(N[S+]([O-])c3ccccc3Cl)nn2C)cc2cnc(N[C@H]3CC[C@H](N)CC3)nc12. The van der Waals surface area contributed by atoms with E-state index in [0.717, 1.165) is 47.8 Å². The first-order valence-corrected chi connectivity index (χ1v) is 13.3. The summed E-state index contributed by atoms with van der Waals surface area (Å²) in [6.07, 6.45) is 5.83. The van der Waals surface area contributed by atoms with Crippen LogP contribution in [0.4, 0.5) is 11.8 Å². The second kappa shape index (κ2) is 10.5. The lowest BCUT2D eigenvalue weighted by Crippen LogP contribution is -2.33. The van der Waals surface area contributed by atoms with E-state index in [1.54, 1.807) is 42.3 Å². The Labute approximate surface area is 217 Å². The van der Waals surface area contributed by atoms with Gasteiger partial charge in [0.15, 0.2) is 10.7 Å². The lowest BCUT2D eigenvalue weighted by atomic mass is 9.92. The number of benzene rings is 2. The number of aryl methyl sites for hydroxylation is 1. The number of hydrogen-bond donors (Lipinski definition) is 3. The summed E-state index contributed by atoms with van der Waals surface area (Å²) in [5.74, 6) is 1.69. The smallest absolute Gasteiger partial charge is 0.223 e. The van der Waals surface area contributed by atoms with E-state index in [9.17, 15) is 4.55 Å². The summed E-state index contributed by atoms with van der Waals surface area (Å²) in [4.78, 5) is 9.78. The molecule has 1 fully saturated rings. The van der Waals surface area contributed by atoms with Crippen molar-refractivity contribution < 1.29 is 9.29 Å². The first-order valence-electron chi connectivity index (χ1n) is 11.8. The molecule has 9 nitrogen and oxygen atoms in total. The van der Waals surface area contributed by atoms with Gasteiger partial charge >= 0.3 is 0 Å². The molecule has 1 atom stereocenters. The number of hydrogen-bond acceptors (Lipinski definition) is 8. The summed E-state index contributed by atoms with van der Waals surface area (Å²) in [5.41, 5.74) is 8.44. The van der Waals surface area contributed by atoms with Crippen LogP contribution in [0.2, 0.25) is 5.02 Å². The molecule has 1 unspecified atom stereocenters. The summed E-state index contributed by atoms with van der Waals surface area (Å²) in [5, 5.41) is 9.20. The number of nitrogens with one attached hydrogen (secondary N) is 2. The molecule has 2 heterocycles. The fourth-order valence-electron chi connectivity index (χ4n) is 4.46. The highest BCUT2D eigenvalue weighted by Gasteiger charge is 2.21. The minimum atomic E-state index is -1.55. The Balaban J connectivity index is 1.40. The predicted octanol–water partition coefficient (Wildman–Crippen LogP) is 4.51. The Morgan fingerprint density at radius 2 is 1.94 bits per heavy atom. The van der Waals surface area contributed by atoms with Crippen molar-refractivity contribution in [2.75, 3.05) is 17.1 Å². The Bertz CT molecular complexity index is 1370. The summed E-state index contributed by atoms with van der Waals surface area (Å²) >= 11 is 4.63. The van der Waals surface area contributed by atoms with Crippen LogP contribution < -0.4 is 20.5 Å². The number of fused-ring (bicyclic) bond motifs is 1. The molecule has 1 aliphatic carbocycles. The van der Waals surface area contributed by atoms with E-state index in [1.807, 2.05) is 25.2 Å². The number of halogens is 1. The quantitative estimate of drug-likeness (QED) is 0.301. The van der Waals surface area contributed by atoms with Gasteiger partial charge in [-0.05, 0) is 49.9 Å². The third-order valence-corrected chi connectivity index (χ3v) is 7.97.